The molecule has 1 aliphatic heterocycles. The number of carbonyl (C=O) groups excluding carboxylic acids is 1. The summed E-state index contributed by atoms with van der Waals surface area (Å²) in [5.74, 6) is 0.296. The minimum Gasteiger partial charge on any atom is -0.396 e. The second kappa shape index (κ2) is 9.07. The Balaban J connectivity index is 1.51. The van der Waals surface area contributed by atoms with Gasteiger partial charge in [-0.25, -0.2) is 4.98 Å². The van der Waals surface area contributed by atoms with Gasteiger partial charge >= 0.3 is 0 Å². The van der Waals surface area contributed by atoms with Crippen molar-refractivity contribution in [3.05, 3.63) is 58.9 Å². The molecule has 0 unspecified atom stereocenters. The van der Waals surface area contributed by atoms with E-state index in [1.807, 2.05) is 41.2 Å². The average Bonchev–Trinajstić information content (AvgIpc) is 3.35. The number of aliphatic hydroxyl groups excluding tert-OH is 1. The maximum atomic E-state index is 13.2. The molecule has 3 heterocycles. The van der Waals surface area contributed by atoms with E-state index in [4.69, 9.17) is 0 Å². The molecule has 154 valence electrons. The zero-order valence-corrected chi connectivity index (χ0v) is 17.6. The van der Waals surface area contributed by atoms with Gasteiger partial charge in [0.15, 0.2) is 10.7 Å². The first kappa shape index (κ1) is 20.1. The van der Waals surface area contributed by atoms with Gasteiger partial charge in [-0.2, -0.15) is 0 Å². The molecule has 1 N–H and O–H groups in total. The van der Waals surface area contributed by atoms with Gasteiger partial charge in [-0.1, -0.05) is 30.3 Å². The number of aromatic nitrogens is 2. The molecule has 0 radical (unpaired) electrons. The monoisotopic (exact) mass is 412 g/mol. The Bertz CT molecular complexity index is 952. The van der Waals surface area contributed by atoms with Crippen LogP contribution in [0.15, 0.2) is 41.9 Å². The van der Waals surface area contributed by atoms with Crippen molar-refractivity contribution in [2.75, 3.05) is 33.3 Å². The van der Waals surface area contributed by atoms with Gasteiger partial charge in [0.25, 0.3) is 5.91 Å². The van der Waals surface area contributed by atoms with Gasteiger partial charge in [0.2, 0.25) is 0 Å². The minimum absolute atomic E-state index is 0.0254. The Morgan fingerprint density at radius 3 is 2.97 bits per heavy atom. The van der Waals surface area contributed by atoms with Crippen molar-refractivity contribution in [2.24, 2.45) is 5.92 Å². The van der Waals surface area contributed by atoms with E-state index in [-0.39, 0.29) is 12.5 Å². The maximum Gasteiger partial charge on any atom is 0.274 e. The highest BCUT2D eigenvalue weighted by Gasteiger charge is 2.26. The first-order valence-corrected chi connectivity index (χ1v) is 11.1. The molecule has 1 atom stereocenters. The quantitative estimate of drug-likeness (QED) is 0.648. The minimum atomic E-state index is -0.0254. The Morgan fingerprint density at radius 2 is 2.17 bits per heavy atom. The largest absolute Gasteiger partial charge is 0.396 e. The fraction of sp³-hybridized carbons (Fsp3) is 0.455. The van der Waals surface area contributed by atoms with E-state index in [0.29, 0.717) is 24.7 Å². The number of thiazole rings is 1. The molecule has 0 spiro atoms. The SMILES string of the molecule is CN(CCc1ccccc1)C(=O)c1nc2sccn2c1CN1CCC[C@@H](CO)C1. The van der Waals surface area contributed by atoms with Crippen molar-refractivity contribution in [3.8, 4) is 0 Å². The van der Waals surface area contributed by atoms with Crippen LogP contribution < -0.4 is 0 Å². The first-order chi connectivity index (χ1) is 14.2. The van der Waals surface area contributed by atoms with Crippen LogP contribution in [-0.4, -0.2) is 63.5 Å². The summed E-state index contributed by atoms with van der Waals surface area (Å²) in [7, 11) is 1.85. The van der Waals surface area contributed by atoms with E-state index >= 15 is 0 Å². The van der Waals surface area contributed by atoms with Gasteiger partial charge in [0.05, 0.1) is 5.69 Å². The predicted octanol–water partition coefficient (Wildman–Crippen LogP) is 2.91. The van der Waals surface area contributed by atoms with E-state index in [1.165, 1.54) is 5.56 Å². The number of likely N-dealkylation sites (tertiary alicyclic amines) is 1. The number of likely N-dealkylation sites (N-methyl/N-ethyl adjacent to an activating group) is 1. The van der Waals surface area contributed by atoms with Crippen LogP contribution in [0.2, 0.25) is 0 Å². The van der Waals surface area contributed by atoms with Crippen molar-refractivity contribution in [1.29, 1.82) is 0 Å². The molecule has 6 nitrogen and oxygen atoms in total. The number of carbonyl (C=O) groups is 1. The smallest absolute Gasteiger partial charge is 0.274 e. The lowest BCUT2D eigenvalue weighted by Crippen LogP contribution is -2.37. The van der Waals surface area contributed by atoms with Crippen LogP contribution in [0, 0.1) is 5.92 Å². The van der Waals surface area contributed by atoms with Crippen molar-refractivity contribution in [3.63, 3.8) is 0 Å². The third-order valence-corrected chi connectivity index (χ3v) is 6.48. The van der Waals surface area contributed by atoms with Crippen LogP contribution in [0.5, 0.6) is 0 Å². The predicted molar refractivity (Wildman–Crippen MR) is 115 cm³/mol. The van der Waals surface area contributed by atoms with Gasteiger partial charge in [-0.3, -0.25) is 14.1 Å². The van der Waals surface area contributed by atoms with Crippen molar-refractivity contribution in [1.82, 2.24) is 19.2 Å². The fourth-order valence-corrected chi connectivity index (χ4v) is 4.77. The molecule has 2 aromatic heterocycles. The number of piperidine rings is 1. The Kier molecular flexibility index (Phi) is 6.28. The van der Waals surface area contributed by atoms with E-state index in [0.717, 1.165) is 43.0 Å². The molecule has 0 aliphatic carbocycles. The number of amides is 1. The summed E-state index contributed by atoms with van der Waals surface area (Å²) in [6.45, 7) is 3.42. The molecule has 3 aromatic rings. The average molecular weight is 413 g/mol. The molecule has 1 aromatic carbocycles. The normalized spacial score (nSPS) is 17.7. The molecule has 0 bridgehead atoms. The summed E-state index contributed by atoms with van der Waals surface area (Å²) >= 11 is 1.55. The second-order valence-corrected chi connectivity index (χ2v) is 8.72. The first-order valence-electron chi connectivity index (χ1n) is 10.2. The highest BCUT2D eigenvalue weighted by Crippen LogP contribution is 2.23. The molecule has 7 heteroatoms. The Labute approximate surface area is 175 Å². The number of hydrogen-bond donors (Lipinski definition) is 1. The number of aliphatic hydroxyl groups is 1. The maximum absolute atomic E-state index is 13.2. The van der Waals surface area contributed by atoms with Gasteiger partial charge < -0.3 is 10.0 Å². The van der Waals surface area contributed by atoms with Crippen LogP contribution in [0.4, 0.5) is 0 Å². The van der Waals surface area contributed by atoms with Crippen LogP contribution in [0.1, 0.15) is 34.6 Å². The van der Waals surface area contributed by atoms with Crippen molar-refractivity contribution < 1.29 is 9.90 Å². The summed E-state index contributed by atoms with van der Waals surface area (Å²) in [5.41, 5.74) is 2.73. The molecule has 1 amide bonds. The number of rotatable bonds is 7. The third kappa shape index (κ3) is 4.52. The topological polar surface area (TPSA) is 61.1 Å². The fourth-order valence-electron chi connectivity index (χ4n) is 4.03. The number of hydrogen-bond acceptors (Lipinski definition) is 5. The molecule has 4 rings (SSSR count). The molecule has 1 fully saturated rings. The van der Waals surface area contributed by atoms with Gasteiger partial charge in [0.1, 0.15) is 0 Å². The Morgan fingerprint density at radius 1 is 1.34 bits per heavy atom. The van der Waals surface area contributed by atoms with Crippen molar-refractivity contribution >= 4 is 22.2 Å². The van der Waals surface area contributed by atoms with Gasteiger partial charge in [0, 0.05) is 44.9 Å². The molecule has 0 saturated carbocycles. The highest BCUT2D eigenvalue weighted by atomic mass is 32.1. The van der Waals surface area contributed by atoms with E-state index in [9.17, 15) is 9.90 Å². The zero-order valence-electron chi connectivity index (χ0n) is 16.8. The summed E-state index contributed by atoms with van der Waals surface area (Å²) in [6.07, 6.45) is 4.97. The van der Waals surface area contributed by atoms with E-state index < -0.39 is 0 Å². The lowest BCUT2D eigenvalue weighted by molar-refractivity contribution is 0.0785. The molecular formula is C22H28N4O2S. The van der Waals surface area contributed by atoms with Gasteiger partial charge in [-0.05, 0) is 37.3 Å². The van der Waals surface area contributed by atoms with Crippen LogP contribution >= 0.6 is 11.3 Å². The molecule has 29 heavy (non-hydrogen) atoms. The van der Waals surface area contributed by atoms with Gasteiger partial charge in [-0.15, -0.1) is 11.3 Å². The molecular weight excluding hydrogens is 384 g/mol. The lowest BCUT2D eigenvalue weighted by atomic mass is 9.99. The lowest BCUT2D eigenvalue weighted by Gasteiger charge is -2.31. The number of nitrogens with zero attached hydrogens (tertiary/aromatic N) is 4. The van der Waals surface area contributed by atoms with Crippen LogP contribution in [0.3, 0.4) is 0 Å². The second-order valence-electron chi connectivity index (χ2n) is 7.85. The Hall–Kier alpha value is -2.22. The number of benzene rings is 1. The summed E-state index contributed by atoms with van der Waals surface area (Å²) in [5, 5.41) is 11.5. The van der Waals surface area contributed by atoms with E-state index in [1.54, 1.807) is 16.2 Å². The van der Waals surface area contributed by atoms with Crippen LogP contribution in [-0.2, 0) is 13.0 Å². The number of imidazole rings is 1. The summed E-state index contributed by atoms with van der Waals surface area (Å²) < 4.78 is 2.05. The zero-order chi connectivity index (χ0) is 20.2. The van der Waals surface area contributed by atoms with Crippen LogP contribution in [0.25, 0.3) is 4.96 Å². The molecule has 1 aliphatic rings. The summed E-state index contributed by atoms with van der Waals surface area (Å²) in [6, 6.07) is 10.2. The summed E-state index contributed by atoms with van der Waals surface area (Å²) in [4.78, 5) is 22.9. The highest BCUT2D eigenvalue weighted by molar-refractivity contribution is 7.15. The molecule has 1 saturated heterocycles. The third-order valence-electron chi connectivity index (χ3n) is 5.72. The van der Waals surface area contributed by atoms with E-state index in [2.05, 4.69) is 22.0 Å². The van der Waals surface area contributed by atoms with Crippen molar-refractivity contribution in [2.45, 2.75) is 25.8 Å². The standard InChI is InChI=1S/C22H28N4O2S/c1-24(11-9-17-6-3-2-4-7-17)21(28)20-19(26-12-13-29-22(26)23-20)15-25-10-5-8-18(14-25)16-27/h2-4,6-7,12-13,18,27H,5,8-11,14-16H2,1H3/t18-/m1/s1. The number of fused-ring (bicyclic) bond motifs is 1.